The van der Waals surface area contributed by atoms with E-state index in [0.717, 1.165) is 54.7 Å². The van der Waals surface area contributed by atoms with Crippen LogP contribution in [0.3, 0.4) is 0 Å². The zero-order chi connectivity index (χ0) is 21.0. The van der Waals surface area contributed by atoms with Crippen molar-refractivity contribution in [1.29, 1.82) is 0 Å². The second kappa shape index (κ2) is 7.18. The van der Waals surface area contributed by atoms with Gasteiger partial charge in [0.05, 0.1) is 18.6 Å². The summed E-state index contributed by atoms with van der Waals surface area (Å²) in [4.78, 5) is 20.6. The smallest absolute Gasteiger partial charge is 0.230 e. The van der Waals surface area contributed by atoms with Crippen molar-refractivity contribution in [3.63, 3.8) is 0 Å². The molecule has 1 aromatic carbocycles. The molecular formula is C25H28N4O2. The Morgan fingerprint density at radius 1 is 1.19 bits per heavy atom. The molecule has 2 atom stereocenters. The number of nitrogens with one attached hydrogen (secondary N) is 3. The highest BCUT2D eigenvalue weighted by Gasteiger charge is 2.41. The summed E-state index contributed by atoms with van der Waals surface area (Å²) in [7, 11) is 0. The molecule has 6 rings (SSSR count). The van der Waals surface area contributed by atoms with Crippen LogP contribution in [0.1, 0.15) is 54.5 Å². The fourth-order valence-electron chi connectivity index (χ4n) is 5.55. The Labute approximate surface area is 181 Å². The largest absolute Gasteiger partial charge is 0.376 e. The number of benzene rings is 1. The fraction of sp³-hybridized carbons (Fsp3) is 0.440. The number of carbonyl (C=O) groups is 1. The second-order valence-corrected chi connectivity index (χ2v) is 9.32. The molecule has 31 heavy (non-hydrogen) atoms. The van der Waals surface area contributed by atoms with Gasteiger partial charge in [0.15, 0.2) is 0 Å². The van der Waals surface area contributed by atoms with Crippen LogP contribution < -0.4 is 10.6 Å². The van der Waals surface area contributed by atoms with Crippen molar-refractivity contribution in [3.8, 4) is 11.1 Å². The standard InChI is InChI=1S/C25H28N4O2/c1-25(5-7-27-24(25)30)21-13-29-23-19(21)11-17(12-28-23)16-9-15-4-8-31-14-20(15)18(10-16)22-3-2-6-26-22/h9-13,22,26H,2-8,14H2,1H3,(H,27,30)(H,28,29)/t22-,25?/m0/s1. The van der Waals surface area contributed by atoms with Crippen molar-refractivity contribution < 1.29 is 9.53 Å². The second-order valence-electron chi connectivity index (χ2n) is 9.32. The lowest BCUT2D eigenvalue weighted by Crippen LogP contribution is -2.32. The molecule has 0 aliphatic carbocycles. The molecule has 6 heteroatoms. The predicted molar refractivity (Wildman–Crippen MR) is 120 cm³/mol. The summed E-state index contributed by atoms with van der Waals surface area (Å²) < 4.78 is 5.80. The summed E-state index contributed by atoms with van der Waals surface area (Å²) in [6.07, 6.45) is 8.05. The quantitative estimate of drug-likeness (QED) is 0.611. The highest BCUT2D eigenvalue weighted by atomic mass is 16.5. The van der Waals surface area contributed by atoms with Crippen LogP contribution in [0.15, 0.2) is 30.6 Å². The van der Waals surface area contributed by atoms with E-state index in [1.54, 1.807) is 0 Å². The molecule has 0 radical (unpaired) electrons. The number of hydrogen-bond acceptors (Lipinski definition) is 4. The van der Waals surface area contributed by atoms with Gasteiger partial charge in [0, 0.05) is 35.9 Å². The number of aromatic nitrogens is 2. The van der Waals surface area contributed by atoms with Crippen LogP contribution in [-0.2, 0) is 28.0 Å². The summed E-state index contributed by atoms with van der Waals surface area (Å²) in [5, 5.41) is 7.69. The number of fused-ring (bicyclic) bond motifs is 2. The number of hydrogen-bond donors (Lipinski definition) is 3. The molecule has 3 aromatic rings. The zero-order valence-corrected chi connectivity index (χ0v) is 17.9. The summed E-state index contributed by atoms with van der Waals surface area (Å²) >= 11 is 0. The van der Waals surface area contributed by atoms with Gasteiger partial charge in [-0.1, -0.05) is 6.07 Å². The lowest BCUT2D eigenvalue weighted by atomic mass is 9.81. The van der Waals surface area contributed by atoms with E-state index >= 15 is 0 Å². The molecule has 3 N–H and O–H groups in total. The first-order chi connectivity index (χ1) is 15.1. The molecule has 160 valence electrons. The molecule has 2 aromatic heterocycles. The Kier molecular flexibility index (Phi) is 4.40. The summed E-state index contributed by atoms with van der Waals surface area (Å²) in [6, 6.07) is 7.25. The Bertz CT molecular complexity index is 1180. The molecule has 1 amide bonds. The van der Waals surface area contributed by atoms with Gasteiger partial charge in [0.2, 0.25) is 5.91 Å². The minimum absolute atomic E-state index is 0.0992. The van der Waals surface area contributed by atoms with Gasteiger partial charge < -0.3 is 20.4 Å². The number of carbonyl (C=O) groups excluding carboxylic acids is 1. The minimum atomic E-state index is -0.509. The van der Waals surface area contributed by atoms with E-state index in [9.17, 15) is 4.79 Å². The van der Waals surface area contributed by atoms with E-state index < -0.39 is 5.41 Å². The lowest BCUT2D eigenvalue weighted by Gasteiger charge is -2.25. The van der Waals surface area contributed by atoms with Crippen molar-refractivity contribution in [2.45, 2.75) is 50.7 Å². The first-order valence-corrected chi connectivity index (χ1v) is 11.4. The molecule has 0 spiro atoms. The van der Waals surface area contributed by atoms with E-state index in [-0.39, 0.29) is 5.91 Å². The minimum Gasteiger partial charge on any atom is -0.376 e. The zero-order valence-electron chi connectivity index (χ0n) is 17.9. The van der Waals surface area contributed by atoms with Crippen LogP contribution in [-0.4, -0.2) is 35.6 Å². The predicted octanol–water partition coefficient (Wildman–Crippen LogP) is 3.50. The molecule has 3 aliphatic heterocycles. The molecular weight excluding hydrogens is 388 g/mol. The molecule has 0 bridgehead atoms. The van der Waals surface area contributed by atoms with E-state index in [2.05, 4.69) is 33.8 Å². The van der Waals surface area contributed by atoms with E-state index in [1.807, 2.05) is 19.3 Å². The maximum atomic E-state index is 12.6. The number of H-pyrrole nitrogens is 1. The van der Waals surface area contributed by atoms with Crippen LogP contribution in [0.25, 0.3) is 22.2 Å². The van der Waals surface area contributed by atoms with Crippen LogP contribution in [0.5, 0.6) is 0 Å². The van der Waals surface area contributed by atoms with Gasteiger partial charge in [-0.3, -0.25) is 4.79 Å². The number of amides is 1. The summed E-state index contributed by atoms with van der Waals surface area (Å²) in [6.45, 7) is 5.31. The van der Waals surface area contributed by atoms with E-state index in [4.69, 9.17) is 9.72 Å². The van der Waals surface area contributed by atoms with Crippen molar-refractivity contribution in [3.05, 3.63) is 52.8 Å². The topological polar surface area (TPSA) is 79.0 Å². The Morgan fingerprint density at radius 2 is 2.13 bits per heavy atom. The van der Waals surface area contributed by atoms with Crippen molar-refractivity contribution in [2.75, 3.05) is 19.7 Å². The van der Waals surface area contributed by atoms with Gasteiger partial charge in [-0.25, -0.2) is 4.98 Å². The third kappa shape index (κ3) is 3.00. The normalized spacial score (nSPS) is 25.7. The number of rotatable bonds is 3. The van der Waals surface area contributed by atoms with Crippen LogP contribution in [0.2, 0.25) is 0 Å². The Morgan fingerprint density at radius 3 is 2.94 bits per heavy atom. The molecule has 0 saturated carbocycles. The Balaban J connectivity index is 1.48. The van der Waals surface area contributed by atoms with Crippen LogP contribution in [0.4, 0.5) is 0 Å². The van der Waals surface area contributed by atoms with Crippen LogP contribution in [0, 0.1) is 0 Å². The van der Waals surface area contributed by atoms with E-state index in [0.29, 0.717) is 12.6 Å². The van der Waals surface area contributed by atoms with Crippen molar-refractivity contribution in [2.24, 2.45) is 0 Å². The van der Waals surface area contributed by atoms with Crippen LogP contribution >= 0.6 is 0 Å². The summed E-state index contributed by atoms with van der Waals surface area (Å²) in [5.74, 6) is 0.0992. The van der Waals surface area contributed by atoms with Crippen molar-refractivity contribution >= 4 is 16.9 Å². The van der Waals surface area contributed by atoms with Crippen molar-refractivity contribution in [1.82, 2.24) is 20.6 Å². The van der Waals surface area contributed by atoms with Gasteiger partial charge in [-0.2, -0.15) is 0 Å². The third-order valence-corrected chi connectivity index (χ3v) is 7.45. The average Bonchev–Trinajstić information content (AvgIpc) is 3.54. The first kappa shape index (κ1) is 19.0. The average molecular weight is 417 g/mol. The summed E-state index contributed by atoms with van der Waals surface area (Å²) in [5.41, 5.74) is 7.80. The lowest BCUT2D eigenvalue weighted by molar-refractivity contribution is -0.123. The molecule has 6 nitrogen and oxygen atoms in total. The van der Waals surface area contributed by atoms with E-state index in [1.165, 1.54) is 35.1 Å². The SMILES string of the molecule is CC1(c2c[nH]c3ncc(-c4cc5c(c([C@@H]6CCCN6)c4)COCC5)cc23)CCNC1=O. The van der Waals surface area contributed by atoms with Gasteiger partial charge in [-0.15, -0.1) is 0 Å². The molecule has 1 unspecified atom stereocenters. The number of nitrogens with zero attached hydrogens (tertiary/aromatic N) is 1. The maximum Gasteiger partial charge on any atom is 0.230 e. The number of ether oxygens (including phenoxy) is 1. The highest BCUT2D eigenvalue weighted by molar-refractivity contribution is 5.96. The monoisotopic (exact) mass is 416 g/mol. The third-order valence-electron chi connectivity index (χ3n) is 7.45. The Hall–Kier alpha value is -2.70. The molecule has 2 saturated heterocycles. The number of pyridine rings is 1. The molecule has 2 fully saturated rings. The van der Waals surface area contributed by atoms with Gasteiger partial charge in [-0.05, 0) is 79.1 Å². The number of aromatic amines is 1. The fourth-order valence-corrected chi connectivity index (χ4v) is 5.55. The highest BCUT2D eigenvalue weighted by Crippen LogP contribution is 2.39. The molecule has 5 heterocycles. The van der Waals surface area contributed by atoms with Gasteiger partial charge >= 0.3 is 0 Å². The maximum absolute atomic E-state index is 12.6. The first-order valence-electron chi connectivity index (χ1n) is 11.4. The van der Waals surface area contributed by atoms with Gasteiger partial charge in [0.25, 0.3) is 0 Å². The molecule has 3 aliphatic rings. The van der Waals surface area contributed by atoms with Gasteiger partial charge in [0.1, 0.15) is 5.65 Å².